The van der Waals surface area contributed by atoms with E-state index >= 15 is 0 Å². The minimum atomic E-state index is -1.96. The van der Waals surface area contributed by atoms with E-state index < -0.39 is 90.2 Å². The summed E-state index contributed by atoms with van der Waals surface area (Å²) in [5.74, 6) is -5.83. The summed E-state index contributed by atoms with van der Waals surface area (Å²) in [7, 11) is 0. The summed E-state index contributed by atoms with van der Waals surface area (Å²) in [6.07, 6.45) is -4.70. The van der Waals surface area contributed by atoms with Crippen molar-refractivity contribution in [1.82, 2.24) is 15.5 Å². The first kappa shape index (κ1) is 40.6. The maximum Gasteiger partial charge on any atom is 0.335 e. The van der Waals surface area contributed by atoms with Crippen molar-refractivity contribution >= 4 is 65.9 Å². The lowest BCUT2D eigenvalue weighted by Crippen LogP contribution is -2.61. The van der Waals surface area contributed by atoms with Gasteiger partial charge in [0.25, 0.3) is 11.8 Å². The Morgan fingerprint density at radius 3 is 2.29 bits per heavy atom. The number of thiol groups is 1. The van der Waals surface area contributed by atoms with Crippen LogP contribution in [0.25, 0.3) is 6.08 Å². The number of aliphatic carboxylic acids is 1. The van der Waals surface area contributed by atoms with Gasteiger partial charge in [-0.2, -0.15) is 12.6 Å². The summed E-state index contributed by atoms with van der Waals surface area (Å²) < 4.78 is 16.0. The lowest BCUT2D eigenvalue weighted by molar-refractivity contribution is -0.271. The normalized spacial score (nSPS) is 22.4. The van der Waals surface area contributed by atoms with Gasteiger partial charge in [0.1, 0.15) is 43.3 Å². The van der Waals surface area contributed by atoms with Gasteiger partial charge in [-0.25, -0.2) is 4.79 Å². The highest BCUT2D eigenvalue weighted by Gasteiger charge is 2.48. The second-order valence-electron chi connectivity index (χ2n) is 12.3. The van der Waals surface area contributed by atoms with E-state index in [0.29, 0.717) is 10.5 Å². The highest BCUT2D eigenvalue weighted by Crippen LogP contribution is 2.31. The fourth-order valence-electron chi connectivity index (χ4n) is 4.45. The van der Waals surface area contributed by atoms with Gasteiger partial charge in [-0.3, -0.25) is 33.7 Å². The molecule has 1 aromatic carbocycles. The molecule has 6 atom stereocenters. The summed E-state index contributed by atoms with van der Waals surface area (Å²) in [6.45, 7) is 4.20. The number of nitrogens with one attached hydrogen (secondary N) is 3. The maximum absolute atomic E-state index is 13.0. The zero-order valence-corrected chi connectivity index (χ0v) is 28.7. The summed E-state index contributed by atoms with van der Waals surface area (Å²) in [4.78, 5) is 85.6. The third-order valence-corrected chi connectivity index (χ3v) is 7.62. The second-order valence-corrected chi connectivity index (χ2v) is 12.7. The molecule has 2 aliphatic rings. The van der Waals surface area contributed by atoms with Gasteiger partial charge in [-0.1, -0.05) is 12.1 Å². The van der Waals surface area contributed by atoms with Gasteiger partial charge in [0.15, 0.2) is 6.10 Å². The van der Waals surface area contributed by atoms with Crippen molar-refractivity contribution in [1.29, 1.82) is 0 Å². The highest BCUT2D eigenvalue weighted by molar-refractivity contribution is 7.80. The molecule has 0 radical (unpaired) electrons. The van der Waals surface area contributed by atoms with Crippen LogP contribution in [0.4, 0.5) is 5.69 Å². The molecular weight excluding hydrogens is 696 g/mol. The van der Waals surface area contributed by atoms with Crippen LogP contribution >= 0.6 is 12.6 Å². The van der Waals surface area contributed by atoms with E-state index in [-0.39, 0.29) is 36.8 Å². The average molecular weight is 737 g/mol. The third kappa shape index (κ3) is 11.3. The number of anilines is 1. The highest BCUT2D eigenvalue weighted by atomic mass is 32.1. The van der Waals surface area contributed by atoms with Crippen molar-refractivity contribution in [3.8, 4) is 5.75 Å². The van der Waals surface area contributed by atoms with Crippen molar-refractivity contribution in [3.05, 3.63) is 42.0 Å². The Bertz CT molecular complexity index is 1560. The molecule has 3 rings (SSSR count). The van der Waals surface area contributed by atoms with Crippen LogP contribution in [0.1, 0.15) is 32.8 Å². The number of carbonyl (C=O) groups is 7. The number of esters is 1. The number of carboxylic acid groups (broad SMARTS) is 1. The molecule has 51 heavy (non-hydrogen) atoms. The number of rotatable bonds is 15. The molecule has 278 valence electrons. The topological polar surface area (TPSA) is 267 Å². The van der Waals surface area contributed by atoms with Gasteiger partial charge in [0.2, 0.25) is 24.0 Å². The van der Waals surface area contributed by atoms with Gasteiger partial charge in [-0.05, 0) is 44.5 Å². The number of aliphatic hydroxyl groups excluding tert-OH is 3. The first-order chi connectivity index (χ1) is 23.9. The molecule has 5 amide bonds. The summed E-state index contributed by atoms with van der Waals surface area (Å²) in [6, 6.07) is 3.13. The fourth-order valence-corrected chi connectivity index (χ4v) is 4.71. The van der Waals surface area contributed by atoms with Crippen LogP contribution in [0.5, 0.6) is 5.75 Å². The van der Waals surface area contributed by atoms with E-state index in [1.54, 1.807) is 26.8 Å². The number of aliphatic hydroxyl groups is 3. The third-order valence-electron chi connectivity index (χ3n) is 7.25. The number of hydrogen-bond acceptors (Lipinski definition) is 14. The van der Waals surface area contributed by atoms with E-state index in [1.807, 2.05) is 0 Å². The molecule has 1 aromatic rings. The Kier molecular flexibility index (Phi) is 14.3. The van der Waals surface area contributed by atoms with E-state index in [9.17, 15) is 54.0 Å². The van der Waals surface area contributed by atoms with Crippen LogP contribution in [-0.2, 0) is 43.0 Å². The predicted molar refractivity (Wildman–Crippen MR) is 179 cm³/mol. The van der Waals surface area contributed by atoms with Crippen LogP contribution < -0.4 is 20.7 Å². The number of imide groups is 1. The number of hydrogen-bond donors (Lipinski definition) is 8. The number of carbonyl (C=O) groups excluding carboxylic acids is 6. The SMILES string of the molecule is CC(C)(C)C(=O)OC/C=C/c1ccc(O[C@@H]2O[C@H](C(=O)O)[C@@H](O)[C@H](O)[C@H]2O)c(NC(=O)CCNC(=O)C(CS)NC(=O)CN2C(=O)C=CC2=O)c1. The Hall–Kier alpha value is -4.82. The minimum Gasteiger partial charge on any atom is -0.479 e. The molecule has 1 fully saturated rings. The van der Waals surface area contributed by atoms with Gasteiger partial charge in [0.05, 0.1) is 11.1 Å². The molecule has 18 nitrogen and oxygen atoms in total. The minimum absolute atomic E-state index is 0.00977. The predicted octanol–water partition coefficient (Wildman–Crippen LogP) is -1.66. The number of benzene rings is 1. The van der Waals surface area contributed by atoms with Crippen molar-refractivity contribution in [2.75, 3.05) is 30.8 Å². The summed E-state index contributed by atoms with van der Waals surface area (Å²) >= 11 is 4.06. The number of ether oxygens (including phenoxy) is 3. The van der Waals surface area contributed by atoms with E-state index in [2.05, 4.69) is 28.6 Å². The number of amides is 5. The molecule has 2 aliphatic heterocycles. The zero-order valence-electron chi connectivity index (χ0n) is 27.8. The largest absolute Gasteiger partial charge is 0.479 e. The van der Waals surface area contributed by atoms with Crippen molar-refractivity contribution in [2.45, 2.75) is 63.9 Å². The molecule has 0 saturated carbocycles. The maximum atomic E-state index is 13.0. The van der Waals surface area contributed by atoms with Crippen molar-refractivity contribution < 1.29 is 68.2 Å². The number of nitrogens with zero attached hydrogens (tertiary/aromatic N) is 1. The molecule has 0 spiro atoms. The molecule has 0 aliphatic carbocycles. The lowest BCUT2D eigenvalue weighted by atomic mass is 9.97. The first-order valence-electron chi connectivity index (χ1n) is 15.5. The van der Waals surface area contributed by atoms with E-state index in [0.717, 1.165) is 12.2 Å². The Morgan fingerprint density at radius 2 is 1.69 bits per heavy atom. The van der Waals surface area contributed by atoms with Gasteiger partial charge in [-0.15, -0.1) is 0 Å². The molecular formula is C32H40N4O14S. The molecule has 1 saturated heterocycles. The average Bonchev–Trinajstić information content (AvgIpc) is 3.37. The Morgan fingerprint density at radius 1 is 1.02 bits per heavy atom. The lowest BCUT2D eigenvalue weighted by Gasteiger charge is -2.38. The van der Waals surface area contributed by atoms with Crippen LogP contribution in [0.15, 0.2) is 36.4 Å². The zero-order chi connectivity index (χ0) is 38.0. The number of carboxylic acids is 1. The molecule has 0 aromatic heterocycles. The summed E-state index contributed by atoms with van der Waals surface area (Å²) in [5.41, 5.74) is -0.249. The van der Waals surface area contributed by atoms with Gasteiger partial charge >= 0.3 is 11.9 Å². The first-order valence-corrected chi connectivity index (χ1v) is 16.1. The van der Waals surface area contributed by atoms with Crippen molar-refractivity contribution in [2.24, 2.45) is 5.41 Å². The van der Waals surface area contributed by atoms with Crippen LogP contribution in [0, 0.1) is 5.41 Å². The standard InChI is InChI=1S/C32H40N4O14S/c1-32(2,3)31(47)48-12-4-5-16-6-7-19(49-30-26(43)24(41)25(42)27(50-30)29(45)46)17(13-16)34-20(37)10-11-33-28(44)18(15-51)35-21(38)14-36-22(39)8-9-23(36)40/h4-9,13,18,24-27,30,41-43,51H,10-12,14-15H2,1-3H3,(H,33,44)(H,34,37)(H,35,38)(H,45,46)/b5-4+/t18?,24-,25-,26+,27-,30+/m0/s1. The molecule has 7 N–H and O–H groups in total. The molecule has 1 unspecified atom stereocenters. The van der Waals surface area contributed by atoms with Crippen LogP contribution in [0.3, 0.4) is 0 Å². The van der Waals surface area contributed by atoms with E-state index in [4.69, 9.17) is 14.2 Å². The van der Waals surface area contributed by atoms with Crippen LogP contribution in [0.2, 0.25) is 0 Å². The smallest absolute Gasteiger partial charge is 0.335 e. The molecule has 0 bridgehead atoms. The Balaban J connectivity index is 1.68. The monoisotopic (exact) mass is 736 g/mol. The quantitative estimate of drug-likeness (QED) is 0.0570. The molecule has 19 heteroatoms. The van der Waals surface area contributed by atoms with Crippen LogP contribution in [-0.4, -0.2) is 129 Å². The molecule has 2 heterocycles. The van der Waals surface area contributed by atoms with Gasteiger partial charge in [0, 0.05) is 30.9 Å². The summed E-state index contributed by atoms with van der Waals surface area (Å²) in [5, 5.41) is 47.4. The fraction of sp³-hybridized carbons (Fsp3) is 0.469. The van der Waals surface area contributed by atoms with Crippen molar-refractivity contribution in [3.63, 3.8) is 0 Å². The van der Waals surface area contributed by atoms with Gasteiger partial charge < -0.3 is 50.6 Å². The Labute approximate surface area is 297 Å². The van der Waals surface area contributed by atoms with E-state index in [1.165, 1.54) is 24.3 Å². The second kappa shape index (κ2) is 17.9.